The molecular weight excluding hydrogens is 270 g/mol. The van der Waals surface area contributed by atoms with E-state index in [1.807, 2.05) is 12.1 Å². The maximum absolute atomic E-state index is 11.9. The Bertz CT molecular complexity index is 633. The Morgan fingerprint density at radius 1 is 1.48 bits per heavy atom. The fourth-order valence-electron chi connectivity index (χ4n) is 2.54. The minimum absolute atomic E-state index is 0.236. The molecule has 7 nitrogen and oxygen atoms in total. The summed E-state index contributed by atoms with van der Waals surface area (Å²) in [5, 5.41) is 26.6. The summed E-state index contributed by atoms with van der Waals surface area (Å²) in [6, 6.07) is 5.18. The third kappa shape index (κ3) is 3.32. The van der Waals surface area contributed by atoms with Gasteiger partial charge in [0.2, 0.25) is 0 Å². The molecule has 1 aliphatic rings. The highest BCUT2D eigenvalue weighted by molar-refractivity contribution is 5.92. The minimum atomic E-state index is -0.857. The molecule has 1 fully saturated rings. The van der Waals surface area contributed by atoms with Gasteiger partial charge in [-0.1, -0.05) is 0 Å². The summed E-state index contributed by atoms with van der Waals surface area (Å²) < 4.78 is 0. The first-order valence-corrected chi connectivity index (χ1v) is 7.06. The molecule has 112 valence electrons. The van der Waals surface area contributed by atoms with Gasteiger partial charge < -0.3 is 21.1 Å². The van der Waals surface area contributed by atoms with Gasteiger partial charge in [0, 0.05) is 24.2 Å². The average Bonchev–Trinajstić information content (AvgIpc) is 2.94. The number of carbonyl (C=O) groups is 1. The van der Waals surface area contributed by atoms with E-state index in [4.69, 9.17) is 0 Å². The fraction of sp³-hybridized carbons (Fsp3) is 0.429. The summed E-state index contributed by atoms with van der Waals surface area (Å²) >= 11 is 0. The van der Waals surface area contributed by atoms with Gasteiger partial charge in [0.1, 0.15) is 0 Å². The molecule has 1 aromatic heterocycles. The van der Waals surface area contributed by atoms with Crippen LogP contribution in [0, 0.1) is 0 Å². The molecule has 2 heterocycles. The van der Waals surface area contributed by atoms with Crippen LogP contribution in [-0.4, -0.2) is 46.6 Å². The second-order valence-corrected chi connectivity index (χ2v) is 5.48. The lowest BCUT2D eigenvalue weighted by Crippen LogP contribution is -2.53. The molecule has 0 unspecified atom stereocenters. The summed E-state index contributed by atoms with van der Waals surface area (Å²) in [5.41, 5.74) is 0.753. The number of benzene rings is 1. The van der Waals surface area contributed by atoms with Crippen molar-refractivity contribution in [2.75, 3.05) is 25.0 Å². The SMILES string of the molecule is O=C(NC[C@@]1(O)CCCNC1)Nc1ccc2[nH]ncc2c1. The third-order valence-electron chi connectivity index (χ3n) is 3.73. The van der Waals surface area contributed by atoms with E-state index < -0.39 is 5.60 Å². The number of aromatic nitrogens is 2. The third-order valence-corrected chi connectivity index (χ3v) is 3.73. The first-order chi connectivity index (χ1) is 10.1. The molecule has 7 heteroatoms. The van der Waals surface area contributed by atoms with Crippen LogP contribution in [0.2, 0.25) is 0 Å². The monoisotopic (exact) mass is 289 g/mol. The molecule has 2 amide bonds. The molecular formula is C14H19N5O2. The molecule has 0 bridgehead atoms. The zero-order chi connectivity index (χ0) is 14.7. The van der Waals surface area contributed by atoms with Crippen molar-refractivity contribution in [1.29, 1.82) is 0 Å². The molecule has 1 saturated heterocycles. The molecule has 0 radical (unpaired) electrons. The molecule has 1 aliphatic heterocycles. The normalized spacial score (nSPS) is 22.1. The van der Waals surface area contributed by atoms with E-state index in [2.05, 4.69) is 26.1 Å². The molecule has 1 atom stereocenters. The van der Waals surface area contributed by atoms with Gasteiger partial charge >= 0.3 is 6.03 Å². The summed E-state index contributed by atoms with van der Waals surface area (Å²) in [4.78, 5) is 11.9. The Balaban J connectivity index is 1.55. The van der Waals surface area contributed by atoms with E-state index in [-0.39, 0.29) is 12.6 Å². The van der Waals surface area contributed by atoms with Crippen molar-refractivity contribution >= 4 is 22.6 Å². The van der Waals surface area contributed by atoms with Crippen LogP contribution in [0.3, 0.4) is 0 Å². The van der Waals surface area contributed by atoms with Gasteiger partial charge in [-0.05, 0) is 37.6 Å². The predicted molar refractivity (Wildman–Crippen MR) is 80.2 cm³/mol. The number of H-pyrrole nitrogens is 1. The molecule has 3 rings (SSSR count). The Morgan fingerprint density at radius 2 is 2.38 bits per heavy atom. The highest BCUT2D eigenvalue weighted by Gasteiger charge is 2.29. The maximum Gasteiger partial charge on any atom is 0.319 e. The van der Waals surface area contributed by atoms with Crippen LogP contribution < -0.4 is 16.0 Å². The Labute approximate surface area is 122 Å². The van der Waals surface area contributed by atoms with E-state index in [0.29, 0.717) is 18.7 Å². The Morgan fingerprint density at radius 3 is 3.19 bits per heavy atom. The summed E-state index contributed by atoms with van der Waals surface area (Å²) in [6.07, 6.45) is 3.31. The van der Waals surface area contributed by atoms with Crippen molar-refractivity contribution in [3.05, 3.63) is 24.4 Å². The molecule has 5 N–H and O–H groups in total. The van der Waals surface area contributed by atoms with Crippen LogP contribution in [0.15, 0.2) is 24.4 Å². The van der Waals surface area contributed by atoms with Gasteiger partial charge in [-0.25, -0.2) is 4.79 Å². The zero-order valence-corrected chi connectivity index (χ0v) is 11.6. The Kier molecular flexibility index (Phi) is 3.76. The second-order valence-electron chi connectivity index (χ2n) is 5.48. The van der Waals surface area contributed by atoms with Crippen molar-refractivity contribution in [2.24, 2.45) is 0 Å². The number of nitrogens with one attached hydrogen (secondary N) is 4. The number of amides is 2. The lowest BCUT2D eigenvalue weighted by atomic mass is 9.94. The number of hydrogen-bond donors (Lipinski definition) is 5. The number of hydrogen-bond acceptors (Lipinski definition) is 4. The topological polar surface area (TPSA) is 102 Å². The van der Waals surface area contributed by atoms with E-state index in [1.165, 1.54) is 0 Å². The van der Waals surface area contributed by atoms with Gasteiger partial charge in [0.05, 0.1) is 17.3 Å². The van der Waals surface area contributed by atoms with Crippen molar-refractivity contribution in [2.45, 2.75) is 18.4 Å². The van der Waals surface area contributed by atoms with E-state index in [0.717, 1.165) is 23.9 Å². The number of aliphatic hydroxyl groups is 1. The highest BCUT2D eigenvalue weighted by Crippen LogP contribution is 2.17. The van der Waals surface area contributed by atoms with Crippen LogP contribution in [0.1, 0.15) is 12.8 Å². The van der Waals surface area contributed by atoms with Gasteiger partial charge in [0.15, 0.2) is 0 Å². The smallest absolute Gasteiger partial charge is 0.319 e. The van der Waals surface area contributed by atoms with Gasteiger partial charge in [0.25, 0.3) is 0 Å². The van der Waals surface area contributed by atoms with Crippen molar-refractivity contribution in [3.63, 3.8) is 0 Å². The lowest BCUT2D eigenvalue weighted by Gasteiger charge is -2.32. The number of rotatable bonds is 3. The molecule has 0 saturated carbocycles. The van der Waals surface area contributed by atoms with E-state index >= 15 is 0 Å². The zero-order valence-electron chi connectivity index (χ0n) is 11.6. The number of urea groups is 1. The van der Waals surface area contributed by atoms with E-state index in [1.54, 1.807) is 12.3 Å². The summed E-state index contributed by atoms with van der Waals surface area (Å²) in [7, 11) is 0. The number of nitrogens with zero attached hydrogens (tertiary/aromatic N) is 1. The van der Waals surface area contributed by atoms with Gasteiger partial charge in [-0.2, -0.15) is 5.10 Å². The quantitative estimate of drug-likeness (QED) is 0.577. The number of piperidine rings is 1. The molecule has 1 aromatic carbocycles. The standard InChI is InChI=1S/C14H19N5O2/c20-13(16-9-14(21)4-1-5-15-8-14)18-11-2-3-12-10(6-11)7-17-19-12/h2-3,6-7,15,21H,1,4-5,8-9H2,(H,17,19)(H2,16,18,20)/t14-/m1/s1. The van der Waals surface area contributed by atoms with Crippen molar-refractivity contribution < 1.29 is 9.90 Å². The number of anilines is 1. The van der Waals surface area contributed by atoms with Gasteiger partial charge in [-0.3, -0.25) is 5.10 Å². The lowest BCUT2D eigenvalue weighted by molar-refractivity contribution is 0.0198. The van der Waals surface area contributed by atoms with E-state index in [9.17, 15) is 9.90 Å². The van der Waals surface area contributed by atoms with Crippen LogP contribution in [0.5, 0.6) is 0 Å². The first-order valence-electron chi connectivity index (χ1n) is 7.06. The maximum atomic E-state index is 11.9. The fourth-order valence-corrected chi connectivity index (χ4v) is 2.54. The molecule has 0 spiro atoms. The summed E-state index contributed by atoms with van der Waals surface area (Å²) in [6.45, 7) is 1.66. The van der Waals surface area contributed by atoms with Crippen LogP contribution in [0.4, 0.5) is 10.5 Å². The number of aromatic amines is 1. The second kappa shape index (κ2) is 5.71. The average molecular weight is 289 g/mol. The number of carbonyl (C=O) groups excluding carboxylic acids is 1. The molecule has 2 aromatic rings. The van der Waals surface area contributed by atoms with Crippen molar-refractivity contribution in [1.82, 2.24) is 20.8 Å². The van der Waals surface area contributed by atoms with Crippen molar-refractivity contribution in [3.8, 4) is 0 Å². The van der Waals surface area contributed by atoms with Gasteiger partial charge in [-0.15, -0.1) is 0 Å². The highest BCUT2D eigenvalue weighted by atomic mass is 16.3. The largest absolute Gasteiger partial charge is 0.387 e. The first kappa shape index (κ1) is 13.8. The summed E-state index contributed by atoms with van der Waals surface area (Å²) in [5.74, 6) is 0. The van der Waals surface area contributed by atoms with Crippen LogP contribution in [-0.2, 0) is 0 Å². The van der Waals surface area contributed by atoms with Crippen LogP contribution >= 0.6 is 0 Å². The predicted octanol–water partition coefficient (Wildman–Crippen LogP) is 0.799. The number of β-amino-alcohol motifs (C(OH)–C–C–N with tert-alkyl or cyclic N) is 1. The number of fused-ring (bicyclic) bond motifs is 1. The van der Waals surface area contributed by atoms with Crippen LogP contribution in [0.25, 0.3) is 10.9 Å². The Hall–Kier alpha value is -2.12. The molecule has 0 aliphatic carbocycles. The minimum Gasteiger partial charge on any atom is -0.387 e. The molecule has 21 heavy (non-hydrogen) atoms.